The molecule has 8 nitrogen and oxygen atoms in total. The second-order valence-corrected chi connectivity index (χ2v) is 13.9. The molecule has 10 heteroatoms. The summed E-state index contributed by atoms with van der Waals surface area (Å²) in [5.41, 5.74) is 3.00. The molecule has 5 rings (SSSR count). The van der Waals surface area contributed by atoms with Gasteiger partial charge in [0.25, 0.3) is 0 Å². The van der Waals surface area contributed by atoms with Gasteiger partial charge in [0, 0.05) is 28.1 Å². The fraction of sp³-hybridized carbons (Fsp3) is 0.222. The van der Waals surface area contributed by atoms with Gasteiger partial charge in [-0.2, -0.15) is 5.26 Å². The minimum Gasteiger partial charge on any atom is -0.444 e. The number of nitrogens with one attached hydrogen (secondary N) is 2. The summed E-state index contributed by atoms with van der Waals surface area (Å²) in [5, 5.41) is 15.8. The van der Waals surface area contributed by atoms with Crippen molar-refractivity contribution in [1.29, 1.82) is 5.26 Å². The zero-order chi connectivity index (χ0) is 32.7. The summed E-state index contributed by atoms with van der Waals surface area (Å²) in [6.45, 7) is 6.22. The number of nitrogens with zero attached hydrogens (tertiary/aromatic N) is 2. The maximum Gasteiger partial charge on any atom is 0.410 e. The number of carbonyl (C=O) groups is 3. The molecular formula is C36H34N4O4S2. The van der Waals surface area contributed by atoms with Gasteiger partial charge in [0.2, 0.25) is 11.8 Å². The Kier molecular flexibility index (Phi) is 10.3. The van der Waals surface area contributed by atoms with Crippen LogP contribution in [-0.4, -0.2) is 35.0 Å². The third-order valence-corrected chi connectivity index (χ3v) is 9.36. The molecule has 0 spiro atoms. The number of anilines is 2. The molecule has 3 amide bonds. The van der Waals surface area contributed by atoms with Crippen LogP contribution >= 0.6 is 23.1 Å². The molecule has 1 atom stereocenters. The Morgan fingerprint density at radius 1 is 1.00 bits per heavy atom. The Balaban J connectivity index is 1.32. The van der Waals surface area contributed by atoms with Crippen LogP contribution in [0.4, 0.5) is 15.5 Å². The van der Waals surface area contributed by atoms with Gasteiger partial charge in [-0.05, 0) is 68.2 Å². The lowest BCUT2D eigenvalue weighted by Crippen LogP contribution is -2.39. The first-order valence-corrected chi connectivity index (χ1v) is 16.5. The number of rotatable bonds is 8. The van der Waals surface area contributed by atoms with E-state index in [1.807, 2.05) is 99.6 Å². The lowest BCUT2D eigenvalue weighted by Gasteiger charge is -2.29. The Bertz CT molecular complexity index is 1790. The number of hydrogen-bond acceptors (Lipinski definition) is 7. The first-order valence-electron chi connectivity index (χ1n) is 14.8. The number of benzene rings is 3. The lowest BCUT2D eigenvalue weighted by atomic mass is 10.0. The summed E-state index contributed by atoms with van der Waals surface area (Å²) in [4.78, 5) is 42.5. The molecule has 1 aromatic heterocycles. The predicted octanol–water partition coefficient (Wildman–Crippen LogP) is 8.04. The number of ether oxygens (including phenoxy) is 1. The topological polar surface area (TPSA) is 112 Å². The van der Waals surface area contributed by atoms with E-state index in [0.29, 0.717) is 35.8 Å². The largest absolute Gasteiger partial charge is 0.444 e. The van der Waals surface area contributed by atoms with E-state index in [4.69, 9.17) is 4.74 Å². The van der Waals surface area contributed by atoms with Crippen molar-refractivity contribution in [2.45, 2.75) is 49.5 Å². The summed E-state index contributed by atoms with van der Waals surface area (Å²) < 4.78 is 5.54. The SMILES string of the molecule is CC(C)(C)OC(=O)N1CCc2c(sc(NC(=O)C(Sc3cccc(NC(=O)/C=C/c4ccccc4)c3)c3ccccc3)c2C#N)C1. The van der Waals surface area contributed by atoms with Crippen molar-refractivity contribution >= 4 is 57.8 Å². The Morgan fingerprint density at radius 2 is 1.72 bits per heavy atom. The van der Waals surface area contributed by atoms with Crippen molar-refractivity contribution in [3.05, 3.63) is 118 Å². The van der Waals surface area contributed by atoms with E-state index >= 15 is 0 Å². The van der Waals surface area contributed by atoms with Gasteiger partial charge in [0.15, 0.2) is 0 Å². The van der Waals surface area contributed by atoms with Gasteiger partial charge in [0.1, 0.15) is 21.9 Å². The number of amides is 3. The van der Waals surface area contributed by atoms with Crippen molar-refractivity contribution in [2.24, 2.45) is 0 Å². The molecule has 46 heavy (non-hydrogen) atoms. The van der Waals surface area contributed by atoms with Crippen LogP contribution in [0.2, 0.25) is 0 Å². The van der Waals surface area contributed by atoms with Gasteiger partial charge in [-0.1, -0.05) is 66.7 Å². The van der Waals surface area contributed by atoms with Gasteiger partial charge in [0.05, 0.1) is 12.1 Å². The van der Waals surface area contributed by atoms with Crippen LogP contribution < -0.4 is 10.6 Å². The van der Waals surface area contributed by atoms with E-state index in [1.165, 1.54) is 29.2 Å². The van der Waals surface area contributed by atoms with Crippen LogP contribution in [0.25, 0.3) is 6.08 Å². The summed E-state index contributed by atoms with van der Waals surface area (Å²) in [7, 11) is 0. The normalized spacial score (nSPS) is 13.4. The summed E-state index contributed by atoms with van der Waals surface area (Å²) in [6.07, 6.45) is 3.33. The molecule has 2 N–H and O–H groups in total. The maximum atomic E-state index is 13.9. The average Bonchev–Trinajstić information content (AvgIpc) is 3.39. The van der Waals surface area contributed by atoms with E-state index in [-0.39, 0.29) is 11.8 Å². The van der Waals surface area contributed by atoms with Crippen LogP contribution in [-0.2, 0) is 27.3 Å². The highest BCUT2D eigenvalue weighted by atomic mass is 32.2. The van der Waals surface area contributed by atoms with Crippen molar-refractivity contribution in [3.8, 4) is 6.07 Å². The molecule has 1 aliphatic rings. The zero-order valence-corrected chi connectivity index (χ0v) is 27.4. The average molecular weight is 651 g/mol. The standard InChI is InChI=1S/C36H34N4O4S2/c1-36(2,3)44-35(43)40-20-19-28-29(22-37)34(46-30(28)23-40)39-33(42)32(25-13-8-5-9-14-25)45-27-16-10-15-26(21-27)38-31(41)18-17-24-11-6-4-7-12-24/h4-18,21,32H,19-20,23H2,1-3H3,(H,38,41)(H,39,42)/b18-17+. The number of fused-ring (bicyclic) bond motifs is 1. The number of thioether (sulfide) groups is 1. The molecule has 3 aromatic carbocycles. The molecule has 4 aromatic rings. The summed E-state index contributed by atoms with van der Waals surface area (Å²) in [6, 6.07) is 28.6. The zero-order valence-electron chi connectivity index (χ0n) is 25.8. The van der Waals surface area contributed by atoms with Gasteiger partial charge in [-0.15, -0.1) is 23.1 Å². The van der Waals surface area contributed by atoms with E-state index in [2.05, 4.69) is 16.7 Å². The number of carbonyl (C=O) groups excluding carboxylic acids is 3. The van der Waals surface area contributed by atoms with Crippen LogP contribution in [0.15, 0.2) is 95.9 Å². The van der Waals surface area contributed by atoms with Crippen LogP contribution in [0.5, 0.6) is 0 Å². The first kappa shape index (κ1) is 32.5. The second kappa shape index (κ2) is 14.5. The molecule has 0 radical (unpaired) electrons. The monoisotopic (exact) mass is 650 g/mol. The van der Waals surface area contributed by atoms with Gasteiger partial charge in [-0.25, -0.2) is 4.79 Å². The van der Waals surface area contributed by atoms with Gasteiger partial charge >= 0.3 is 6.09 Å². The van der Waals surface area contributed by atoms with Gasteiger partial charge < -0.3 is 20.3 Å². The number of nitriles is 1. The fourth-order valence-corrected chi connectivity index (χ4v) is 7.17. The smallest absolute Gasteiger partial charge is 0.410 e. The maximum absolute atomic E-state index is 13.9. The highest BCUT2D eigenvalue weighted by molar-refractivity contribution is 8.00. The molecule has 0 aliphatic carbocycles. The Labute approximate surface area is 277 Å². The summed E-state index contributed by atoms with van der Waals surface area (Å²) in [5.74, 6) is -0.546. The third-order valence-electron chi connectivity index (χ3n) is 6.98. The molecule has 1 unspecified atom stereocenters. The van der Waals surface area contributed by atoms with Crippen LogP contribution in [0, 0.1) is 11.3 Å². The lowest BCUT2D eigenvalue weighted by molar-refractivity contribution is -0.116. The van der Waals surface area contributed by atoms with E-state index in [0.717, 1.165) is 26.5 Å². The minimum atomic E-state index is -0.644. The fourth-order valence-electron chi connectivity index (χ4n) is 4.87. The van der Waals surface area contributed by atoms with Crippen LogP contribution in [0.3, 0.4) is 0 Å². The van der Waals surface area contributed by atoms with E-state index in [1.54, 1.807) is 17.0 Å². The number of thiophene rings is 1. The Morgan fingerprint density at radius 3 is 2.41 bits per heavy atom. The molecular weight excluding hydrogens is 617 g/mol. The van der Waals surface area contributed by atoms with E-state index in [9.17, 15) is 19.6 Å². The molecule has 0 fully saturated rings. The third kappa shape index (κ3) is 8.44. The first-order chi connectivity index (χ1) is 22.1. The van der Waals surface area contributed by atoms with Crippen molar-refractivity contribution in [2.75, 3.05) is 17.2 Å². The van der Waals surface area contributed by atoms with E-state index < -0.39 is 16.9 Å². The quantitative estimate of drug-likeness (QED) is 0.148. The van der Waals surface area contributed by atoms with Crippen molar-refractivity contribution in [1.82, 2.24) is 4.90 Å². The molecule has 0 bridgehead atoms. The van der Waals surface area contributed by atoms with Crippen molar-refractivity contribution in [3.63, 3.8) is 0 Å². The second-order valence-electron chi connectivity index (χ2n) is 11.6. The highest BCUT2D eigenvalue weighted by Gasteiger charge is 2.31. The summed E-state index contributed by atoms with van der Waals surface area (Å²) >= 11 is 2.67. The molecule has 1 aliphatic heterocycles. The van der Waals surface area contributed by atoms with Crippen LogP contribution in [0.1, 0.15) is 53.2 Å². The molecule has 0 saturated carbocycles. The number of hydrogen-bond donors (Lipinski definition) is 2. The molecule has 234 valence electrons. The molecule has 2 heterocycles. The highest BCUT2D eigenvalue weighted by Crippen LogP contribution is 2.41. The van der Waals surface area contributed by atoms with Crippen molar-refractivity contribution < 1.29 is 19.1 Å². The molecule has 0 saturated heterocycles. The Hall–Kier alpha value is -4.85. The minimum absolute atomic E-state index is 0.265. The predicted molar refractivity (Wildman–Crippen MR) is 184 cm³/mol. The van der Waals surface area contributed by atoms with Gasteiger partial charge in [-0.3, -0.25) is 9.59 Å².